The molecule has 3 aromatic carbocycles. The second-order valence-electron chi connectivity index (χ2n) is 6.26. The molecule has 8 heteroatoms. The van der Waals surface area contributed by atoms with Crippen LogP contribution in [0.3, 0.4) is 0 Å². The Bertz CT molecular complexity index is 1060. The van der Waals surface area contributed by atoms with Gasteiger partial charge in [0, 0.05) is 12.5 Å². The Morgan fingerprint density at radius 3 is 2.40 bits per heavy atom. The van der Waals surface area contributed by atoms with E-state index in [0.717, 1.165) is 5.56 Å². The lowest BCUT2D eigenvalue weighted by Gasteiger charge is -2.13. The van der Waals surface area contributed by atoms with Crippen molar-refractivity contribution in [2.45, 2.75) is 6.42 Å². The first kappa shape index (κ1) is 20.9. The molecule has 0 heterocycles. The highest BCUT2D eigenvalue weighted by Crippen LogP contribution is 2.23. The molecule has 1 amide bonds. The molecule has 0 spiro atoms. The van der Waals surface area contributed by atoms with E-state index in [2.05, 4.69) is 10.6 Å². The lowest BCUT2D eigenvalue weighted by atomic mass is 10.1. The maximum Gasteiger partial charge on any atom is 0.292 e. The fourth-order valence-electron chi connectivity index (χ4n) is 2.77. The van der Waals surface area contributed by atoms with Crippen LogP contribution in [-0.4, -0.2) is 22.5 Å². The summed E-state index contributed by atoms with van der Waals surface area (Å²) in [6.45, 7) is 0.410. The summed E-state index contributed by atoms with van der Waals surface area (Å²) in [5, 5.41) is 16.3. The molecule has 0 unspecified atom stereocenters. The third kappa shape index (κ3) is 5.62. The van der Waals surface area contributed by atoms with Gasteiger partial charge in [0.25, 0.3) is 11.6 Å². The van der Waals surface area contributed by atoms with Gasteiger partial charge >= 0.3 is 0 Å². The summed E-state index contributed by atoms with van der Waals surface area (Å²) in [6, 6.07) is 22.8. The molecule has 0 aliphatic heterocycles. The number of ether oxygens (including phenoxy) is 1. The SMILES string of the molecule is O=C(NC(=S)Nc1ccccc1[N+](=O)[O-])c1ccccc1OCCc1ccccc1. The Kier molecular flexibility index (Phi) is 7.07. The van der Waals surface area contributed by atoms with E-state index in [-0.39, 0.29) is 16.5 Å². The van der Waals surface area contributed by atoms with Crippen LogP contribution in [0.4, 0.5) is 11.4 Å². The Labute approximate surface area is 178 Å². The van der Waals surface area contributed by atoms with Crippen LogP contribution in [0.1, 0.15) is 15.9 Å². The Morgan fingerprint density at radius 2 is 1.63 bits per heavy atom. The van der Waals surface area contributed by atoms with Gasteiger partial charge in [0.1, 0.15) is 11.4 Å². The largest absolute Gasteiger partial charge is 0.492 e. The molecule has 3 rings (SSSR count). The molecular formula is C22H19N3O4S. The van der Waals surface area contributed by atoms with Gasteiger partial charge in [-0.1, -0.05) is 54.6 Å². The van der Waals surface area contributed by atoms with E-state index in [0.29, 0.717) is 24.3 Å². The fourth-order valence-corrected chi connectivity index (χ4v) is 2.97. The zero-order chi connectivity index (χ0) is 21.3. The van der Waals surface area contributed by atoms with Crippen LogP contribution in [0.25, 0.3) is 0 Å². The zero-order valence-electron chi connectivity index (χ0n) is 15.9. The minimum atomic E-state index is -0.525. The average Bonchev–Trinajstić information content (AvgIpc) is 2.75. The van der Waals surface area contributed by atoms with Crippen molar-refractivity contribution < 1.29 is 14.5 Å². The number of benzene rings is 3. The summed E-state index contributed by atoms with van der Waals surface area (Å²) in [6.07, 6.45) is 0.703. The number of hydrogen-bond donors (Lipinski definition) is 2. The summed E-state index contributed by atoms with van der Waals surface area (Å²) in [5.74, 6) is -0.0409. The molecule has 7 nitrogen and oxygen atoms in total. The van der Waals surface area contributed by atoms with E-state index < -0.39 is 10.8 Å². The van der Waals surface area contributed by atoms with Crippen LogP contribution in [0.5, 0.6) is 5.75 Å². The van der Waals surface area contributed by atoms with E-state index in [4.69, 9.17) is 17.0 Å². The van der Waals surface area contributed by atoms with E-state index in [1.807, 2.05) is 30.3 Å². The van der Waals surface area contributed by atoms with E-state index in [1.54, 1.807) is 36.4 Å². The molecule has 152 valence electrons. The number of carbonyl (C=O) groups excluding carboxylic acids is 1. The first-order valence-electron chi connectivity index (χ1n) is 9.16. The van der Waals surface area contributed by atoms with Crippen molar-refractivity contribution in [2.75, 3.05) is 11.9 Å². The molecule has 2 N–H and O–H groups in total. The maximum absolute atomic E-state index is 12.7. The third-order valence-corrected chi connectivity index (χ3v) is 4.40. The van der Waals surface area contributed by atoms with Gasteiger partial charge in [-0.2, -0.15) is 0 Å². The van der Waals surface area contributed by atoms with Crippen LogP contribution >= 0.6 is 12.2 Å². The van der Waals surface area contributed by atoms with Gasteiger partial charge in [0.15, 0.2) is 5.11 Å². The van der Waals surface area contributed by atoms with Crippen molar-refractivity contribution in [3.05, 3.63) is 100 Å². The van der Waals surface area contributed by atoms with E-state index in [1.165, 1.54) is 12.1 Å². The molecule has 30 heavy (non-hydrogen) atoms. The number of rotatable bonds is 7. The number of nitro groups is 1. The van der Waals surface area contributed by atoms with Crippen molar-refractivity contribution in [3.8, 4) is 5.75 Å². The normalized spacial score (nSPS) is 10.1. The van der Waals surface area contributed by atoms with Crippen molar-refractivity contribution in [3.63, 3.8) is 0 Å². The predicted molar refractivity (Wildman–Crippen MR) is 119 cm³/mol. The van der Waals surface area contributed by atoms with E-state index in [9.17, 15) is 14.9 Å². The Balaban J connectivity index is 1.63. The van der Waals surface area contributed by atoms with Gasteiger partial charge in [-0.05, 0) is 36.0 Å². The topological polar surface area (TPSA) is 93.5 Å². The second kappa shape index (κ2) is 10.1. The molecular weight excluding hydrogens is 402 g/mol. The van der Waals surface area contributed by atoms with Crippen LogP contribution in [-0.2, 0) is 6.42 Å². The molecule has 0 saturated heterocycles. The van der Waals surface area contributed by atoms with Crippen LogP contribution in [0, 0.1) is 10.1 Å². The van der Waals surface area contributed by atoms with Gasteiger partial charge < -0.3 is 10.1 Å². The Morgan fingerprint density at radius 1 is 0.967 bits per heavy atom. The zero-order valence-corrected chi connectivity index (χ0v) is 16.7. The number of hydrogen-bond acceptors (Lipinski definition) is 5. The molecule has 0 fully saturated rings. The van der Waals surface area contributed by atoms with Gasteiger partial charge in [-0.15, -0.1) is 0 Å². The van der Waals surface area contributed by atoms with Crippen molar-refractivity contribution in [1.29, 1.82) is 0 Å². The summed E-state index contributed by atoms with van der Waals surface area (Å²) in [7, 11) is 0. The van der Waals surface area contributed by atoms with Crippen molar-refractivity contribution >= 4 is 34.6 Å². The molecule has 0 aromatic heterocycles. The minimum absolute atomic E-state index is 0.0478. The first-order chi connectivity index (χ1) is 14.5. The summed E-state index contributed by atoms with van der Waals surface area (Å²) >= 11 is 5.15. The highest BCUT2D eigenvalue weighted by atomic mass is 32.1. The first-order valence-corrected chi connectivity index (χ1v) is 9.57. The standard InChI is InChI=1S/C22H19N3O4S/c26-21(24-22(30)23-18-11-5-6-12-19(18)25(27)28)17-10-4-7-13-20(17)29-15-14-16-8-2-1-3-9-16/h1-13H,14-15H2,(H2,23,24,26,30). The van der Waals surface area contributed by atoms with Crippen molar-refractivity contribution in [1.82, 2.24) is 5.32 Å². The van der Waals surface area contributed by atoms with Crippen molar-refractivity contribution in [2.24, 2.45) is 0 Å². The van der Waals surface area contributed by atoms with Gasteiger partial charge in [-0.25, -0.2) is 0 Å². The number of carbonyl (C=O) groups is 1. The predicted octanol–water partition coefficient (Wildman–Crippen LogP) is 4.34. The summed E-state index contributed by atoms with van der Waals surface area (Å²) in [4.78, 5) is 23.3. The molecule has 0 saturated carbocycles. The number of anilines is 1. The fraction of sp³-hybridized carbons (Fsp3) is 0.0909. The monoisotopic (exact) mass is 421 g/mol. The smallest absolute Gasteiger partial charge is 0.292 e. The molecule has 0 aliphatic rings. The lowest BCUT2D eigenvalue weighted by molar-refractivity contribution is -0.383. The summed E-state index contributed by atoms with van der Waals surface area (Å²) in [5.41, 5.74) is 1.51. The number of nitrogens with zero attached hydrogens (tertiary/aromatic N) is 1. The number of amides is 1. The molecule has 0 bridgehead atoms. The number of thiocarbonyl (C=S) groups is 1. The average molecular weight is 421 g/mol. The van der Waals surface area contributed by atoms with Crippen LogP contribution in [0.15, 0.2) is 78.9 Å². The van der Waals surface area contributed by atoms with Gasteiger partial charge in [0.2, 0.25) is 0 Å². The minimum Gasteiger partial charge on any atom is -0.492 e. The van der Waals surface area contributed by atoms with E-state index >= 15 is 0 Å². The number of nitrogens with one attached hydrogen (secondary N) is 2. The quantitative estimate of drug-likeness (QED) is 0.335. The summed E-state index contributed by atoms with van der Waals surface area (Å²) < 4.78 is 5.80. The van der Waals surface area contributed by atoms with Crippen LogP contribution in [0.2, 0.25) is 0 Å². The number of para-hydroxylation sites is 3. The molecule has 0 atom stereocenters. The third-order valence-electron chi connectivity index (χ3n) is 4.20. The molecule has 0 aliphatic carbocycles. The Hall–Kier alpha value is -3.78. The van der Waals surface area contributed by atoms with Gasteiger partial charge in [0.05, 0.1) is 17.1 Å². The highest BCUT2D eigenvalue weighted by molar-refractivity contribution is 7.80. The molecule has 3 aromatic rings. The highest BCUT2D eigenvalue weighted by Gasteiger charge is 2.17. The van der Waals surface area contributed by atoms with Gasteiger partial charge in [-0.3, -0.25) is 20.2 Å². The number of nitro benzene ring substituents is 1. The molecule has 0 radical (unpaired) electrons. The maximum atomic E-state index is 12.7. The van der Waals surface area contributed by atoms with Crippen LogP contribution < -0.4 is 15.4 Å². The second-order valence-corrected chi connectivity index (χ2v) is 6.67. The lowest BCUT2D eigenvalue weighted by Crippen LogP contribution is -2.34.